The van der Waals surface area contributed by atoms with E-state index in [1.54, 1.807) is 0 Å². The summed E-state index contributed by atoms with van der Waals surface area (Å²) in [5.41, 5.74) is 5.29. The van der Waals surface area contributed by atoms with Gasteiger partial charge in [0.2, 0.25) is 5.91 Å². The highest BCUT2D eigenvalue weighted by atomic mass is 16.4. The normalized spacial score (nSPS) is 7.45. The molecule has 0 heterocycles. The zero-order chi connectivity index (χ0) is 9.44. The number of carbonyl (C=O) groups is 2. The van der Waals surface area contributed by atoms with E-state index in [4.69, 9.17) is 15.6 Å². The Balaban J connectivity index is 0. The van der Waals surface area contributed by atoms with Gasteiger partial charge in [0.05, 0.1) is 0 Å². The summed E-state index contributed by atoms with van der Waals surface area (Å²) in [6, 6.07) is 0. The summed E-state index contributed by atoms with van der Waals surface area (Å²) in [6.07, 6.45) is 0.648. The van der Waals surface area contributed by atoms with Crippen LogP contribution < -0.4 is 5.73 Å². The highest BCUT2D eigenvalue weighted by Gasteiger charge is 1.93. The van der Waals surface area contributed by atoms with Crippen molar-refractivity contribution in [3.05, 3.63) is 12.2 Å². The molecule has 1 amide bonds. The van der Waals surface area contributed by atoms with E-state index in [0.29, 0.717) is 12.0 Å². The maximum absolute atomic E-state index is 10.1. The molecule has 0 aliphatic carbocycles. The van der Waals surface area contributed by atoms with E-state index in [2.05, 4.69) is 6.58 Å². The molecular formula is C7H13NO3. The zero-order valence-electron chi connectivity index (χ0n) is 6.76. The fourth-order valence-corrected chi connectivity index (χ4v) is 0.174. The number of amides is 1. The van der Waals surface area contributed by atoms with E-state index in [1.807, 2.05) is 6.92 Å². The van der Waals surface area contributed by atoms with Gasteiger partial charge in [0, 0.05) is 12.5 Å². The van der Waals surface area contributed by atoms with Gasteiger partial charge in [-0.3, -0.25) is 9.59 Å². The Morgan fingerprint density at radius 1 is 1.55 bits per heavy atom. The first-order chi connectivity index (χ1) is 4.91. The summed E-state index contributed by atoms with van der Waals surface area (Å²) in [5.74, 6) is -1.23. The molecule has 0 fully saturated rings. The number of primary amides is 1. The van der Waals surface area contributed by atoms with Crippen LogP contribution in [-0.2, 0) is 9.59 Å². The summed E-state index contributed by atoms with van der Waals surface area (Å²) in [7, 11) is 0. The monoisotopic (exact) mass is 159 g/mol. The molecule has 4 nitrogen and oxygen atoms in total. The standard InChI is InChI=1S/C5H9NO.C2H4O2/c1-3-4(2)5(6)7;1-2(3)4/h2-3H2,1H3,(H2,6,7);1H3,(H,3,4). The SMILES string of the molecule is C=C(CC)C(N)=O.CC(=O)O. The molecule has 0 rings (SSSR count). The maximum Gasteiger partial charge on any atom is 0.300 e. The molecule has 0 aliphatic heterocycles. The van der Waals surface area contributed by atoms with Crippen molar-refractivity contribution in [2.75, 3.05) is 0 Å². The molecule has 0 spiro atoms. The lowest BCUT2D eigenvalue weighted by Crippen LogP contribution is -2.11. The van der Waals surface area contributed by atoms with Crippen molar-refractivity contribution < 1.29 is 14.7 Å². The Bertz CT molecular complexity index is 159. The highest BCUT2D eigenvalue weighted by molar-refractivity contribution is 5.91. The van der Waals surface area contributed by atoms with Crippen molar-refractivity contribution >= 4 is 11.9 Å². The molecule has 11 heavy (non-hydrogen) atoms. The number of rotatable bonds is 2. The van der Waals surface area contributed by atoms with Gasteiger partial charge in [-0.25, -0.2) is 0 Å². The summed E-state index contributed by atoms with van der Waals surface area (Å²) < 4.78 is 0. The second kappa shape index (κ2) is 6.80. The van der Waals surface area contributed by atoms with Gasteiger partial charge in [-0.2, -0.15) is 0 Å². The summed E-state index contributed by atoms with van der Waals surface area (Å²) in [6.45, 7) is 6.32. The Morgan fingerprint density at radius 2 is 1.82 bits per heavy atom. The average molecular weight is 159 g/mol. The van der Waals surface area contributed by atoms with Crippen LogP contribution in [0.25, 0.3) is 0 Å². The smallest absolute Gasteiger partial charge is 0.300 e. The second-order valence-electron chi connectivity index (χ2n) is 1.84. The lowest BCUT2D eigenvalue weighted by molar-refractivity contribution is -0.134. The van der Waals surface area contributed by atoms with Gasteiger partial charge in [0.1, 0.15) is 0 Å². The Morgan fingerprint density at radius 3 is 1.82 bits per heavy atom. The van der Waals surface area contributed by atoms with E-state index < -0.39 is 11.9 Å². The van der Waals surface area contributed by atoms with Crippen LogP contribution in [0, 0.1) is 0 Å². The lowest BCUT2D eigenvalue weighted by atomic mass is 10.2. The first kappa shape index (κ1) is 12.4. The van der Waals surface area contributed by atoms with Crippen molar-refractivity contribution in [1.82, 2.24) is 0 Å². The van der Waals surface area contributed by atoms with Crippen LogP contribution in [0.2, 0.25) is 0 Å². The molecule has 0 aliphatic rings. The maximum atomic E-state index is 10.1. The molecule has 0 bridgehead atoms. The van der Waals surface area contributed by atoms with E-state index in [0.717, 1.165) is 6.92 Å². The Kier molecular flexibility index (Phi) is 7.64. The average Bonchev–Trinajstić information content (AvgIpc) is 1.85. The Hall–Kier alpha value is -1.32. The highest BCUT2D eigenvalue weighted by Crippen LogP contribution is 1.91. The Labute approximate surface area is 65.7 Å². The molecule has 3 N–H and O–H groups in total. The van der Waals surface area contributed by atoms with Gasteiger partial charge >= 0.3 is 0 Å². The van der Waals surface area contributed by atoms with Gasteiger partial charge in [-0.1, -0.05) is 13.5 Å². The fourth-order valence-electron chi connectivity index (χ4n) is 0.174. The third kappa shape index (κ3) is 17.7. The van der Waals surface area contributed by atoms with Crippen molar-refractivity contribution in [1.29, 1.82) is 0 Å². The number of nitrogens with two attached hydrogens (primary N) is 1. The van der Waals surface area contributed by atoms with Gasteiger partial charge in [0.25, 0.3) is 5.97 Å². The fraction of sp³-hybridized carbons (Fsp3) is 0.429. The molecular weight excluding hydrogens is 146 g/mol. The summed E-state index contributed by atoms with van der Waals surface area (Å²) >= 11 is 0. The molecule has 0 saturated heterocycles. The minimum Gasteiger partial charge on any atom is -0.481 e. The molecule has 64 valence electrons. The quantitative estimate of drug-likeness (QED) is 0.576. The van der Waals surface area contributed by atoms with Crippen LogP contribution in [0.5, 0.6) is 0 Å². The van der Waals surface area contributed by atoms with Crippen molar-refractivity contribution in [2.45, 2.75) is 20.3 Å². The van der Waals surface area contributed by atoms with E-state index in [1.165, 1.54) is 0 Å². The predicted molar refractivity (Wildman–Crippen MR) is 41.9 cm³/mol. The third-order valence-electron chi connectivity index (χ3n) is 0.775. The topological polar surface area (TPSA) is 80.4 Å². The number of hydrogen-bond acceptors (Lipinski definition) is 2. The number of carboxylic acids is 1. The summed E-state index contributed by atoms with van der Waals surface area (Å²) in [5, 5.41) is 7.42. The molecule has 0 saturated carbocycles. The molecule has 0 aromatic heterocycles. The van der Waals surface area contributed by atoms with Gasteiger partial charge in [0.15, 0.2) is 0 Å². The lowest BCUT2D eigenvalue weighted by Gasteiger charge is -1.89. The number of carboxylic acid groups (broad SMARTS) is 1. The van der Waals surface area contributed by atoms with Crippen LogP contribution in [0.15, 0.2) is 12.2 Å². The zero-order valence-corrected chi connectivity index (χ0v) is 6.76. The molecule has 0 atom stereocenters. The molecule has 0 aromatic rings. The molecule has 0 aromatic carbocycles. The number of carbonyl (C=O) groups excluding carboxylic acids is 1. The van der Waals surface area contributed by atoms with Crippen molar-refractivity contribution in [3.63, 3.8) is 0 Å². The number of aliphatic carboxylic acids is 1. The summed E-state index contributed by atoms with van der Waals surface area (Å²) in [4.78, 5) is 19.1. The molecule has 4 heteroatoms. The van der Waals surface area contributed by atoms with Gasteiger partial charge in [-0.05, 0) is 6.42 Å². The third-order valence-corrected chi connectivity index (χ3v) is 0.775. The van der Waals surface area contributed by atoms with Crippen LogP contribution >= 0.6 is 0 Å². The van der Waals surface area contributed by atoms with Crippen LogP contribution in [0.4, 0.5) is 0 Å². The predicted octanol–water partition coefficient (Wildman–Crippen LogP) is 0.529. The van der Waals surface area contributed by atoms with Crippen molar-refractivity contribution in [3.8, 4) is 0 Å². The minimum absolute atomic E-state index is 0.400. The van der Waals surface area contributed by atoms with Crippen LogP contribution in [0.3, 0.4) is 0 Å². The minimum atomic E-state index is -0.833. The van der Waals surface area contributed by atoms with Gasteiger partial charge in [-0.15, -0.1) is 0 Å². The molecule has 0 radical (unpaired) electrons. The number of hydrogen-bond donors (Lipinski definition) is 2. The van der Waals surface area contributed by atoms with E-state index in [-0.39, 0.29) is 0 Å². The van der Waals surface area contributed by atoms with Crippen LogP contribution in [-0.4, -0.2) is 17.0 Å². The second-order valence-corrected chi connectivity index (χ2v) is 1.84. The van der Waals surface area contributed by atoms with Crippen LogP contribution in [0.1, 0.15) is 20.3 Å². The first-order valence-electron chi connectivity index (χ1n) is 3.08. The largest absolute Gasteiger partial charge is 0.481 e. The van der Waals surface area contributed by atoms with E-state index in [9.17, 15) is 4.79 Å². The van der Waals surface area contributed by atoms with Crippen molar-refractivity contribution in [2.24, 2.45) is 5.73 Å². The molecule has 0 unspecified atom stereocenters. The van der Waals surface area contributed by atoms with Gasteiger partial charge < -0.3 is 10.8 Å². The first-order valence-corrected chi connectivity index (χ1v) is 3.08. The van der Waals surface area contributed by atoms with E-state index >= 15 is 0 Å².